The zero-order chi connectivity index (χ0) is 10.8. The van der Waals surface area contributed by atoms with Gasteiger partial charge in [-0.1, -0.05) is 0 Å². The van der Waals surface area contributed by atoms with Crippen LogP contribution in [-0.2, 0) is 4.74 Å². The second-order valence-corrected chi connectivity index (χ2v) is 3.42. The van der Waals surface area contributed by atoms with Gasteiger partial charge < -0.3 is 14.6 Å². The van der Waals surface area contributed by atoms with E-state index in [2.05, 4.69) is 0 Å². The molecule has 0 bridgehead atoms. The lowest BCUT2D eigenvalue weighted by molar-refractivity contribution is 0.0628. The largest absolute Gasteiger partial charge is 0.493 e. The summed E-state index contributed by atoms with van der Waals surface area (Å²) in [7, 11) is 1.62. The molecule has 0 saturated heterocycles. The summed E-state index contributed by atoms with van der Waals surface area (Å²) in [6, 6.07) is 4.84. The van der Waals surface area contributed by atoms with E-state index in [0.29, 0.717) is 6.61 Å². The number of ether oxygens (including phenoxy) is 2. The topological polar surface area (TPSA) is 55.8 Å². The second-order valence-electron chi connectivity index (χ2n) is 3.42. The molecule has 1 N–H and O–H groups in total. The van der Waals surface area contributed by atoms with Crippen molar-refractivity contribution in [2.24, 2.45) is 0 Å². The molecular formula is C11H12O4. The first-order valence-electron chi connectivity index (χ1n) is 4.75. The van der Waals surface area contributed by atoms with Crippen LogP contribution in [0.25, 0.3) is 0 Å². The molecule has 2 rings (SSSR count). The van der Waals surface area contributed by atoms with Gasteiger partial charge in [0.25, 0.3) is 0 Å². The summed E-state index contributed by atoms with van der Waals surface area (Å²) in [5.74, 6) is -0.212. The van der Waals surface area contributed by atoms with Crippen molar-refractivity contribution in [1.29, 1.82) is 0 Å². The van der Waals surface area contributed by atoms with Crippen LogP contribution in [0.4, 0.5) is 0 Å². The molecule has 0 amide bonds. The predicted molar refractivity (Wildman–Crippen MR) is 53.3 cm³/mol. The number of rotatable bonds is 2. The first kappa shape index (κ1) is 9.98. The molecule has 0 fully saturated rings. The molecule has 1 aromatic carbocycles. The minimum atomic E-state index is -0.932. The van der Waals surface area contributed by atoms with E-state index in [4.69, 9.17) is 14.6 Å². The zero-order valence-corrected chi connectivity index (χ0v) is 8.40. The standard InChI is InChI=1S/C11H12O4/c1-14-9-4-5-15-10-3-2-7(11(12)13)6-8(9)10/h2-3,6,9H,4-5H2,1H3,(H,12,13). The van der Waals surface area contributed by atoms with Crippen LogP contribution in [-0.4, -0.2) is 24.8 Å². The highest BCUT2D eigenvalue weighted by Crippen LogP contribution is 2.34. The number of hydrogen-bond donors (Lipinski definition) is 1. The third-order valence-corrected chi connectivity index (χ3v) is 2.53. The van der Waals surface area contributed by atoms with Gasteiger partial charge in [-0.25, -0.2) is 4.79 Å². The summed E-state index contributed by atoms with van der Waals surface area (Å²) in [5.41, 5.74) is 1.09. The molecule has 80 valence electrons. The monoisotopic (exact) mass is 208 g/mol. The fourth-order valence-corrected chi connectivity index (χ4v) is 1.74. The van der Waals surface area contributed by atoms with Crippen LogP contribution >= 0.6 is 0 Å². The van der Waals surface area contributed by atoms with Crippen molar-refractivity contribution < 1.29 is 19.4 Å². The number of carboxylic acid groups (broad SMARTS) is 1. The molecule has 0 saturated carbocycles. The van der Waals surface area contributed by atoms with E-state index in [1.165, 1.54) is 0 Å². The van der Waals surface area contributed by atoms with Gasteiger partial charge >= 0.3 is 5.97 Å². The van der Waals surface area contributed by atoms with Crippen molar-refractivity contribution in [3.63, 3.8) is 0 Å². The van der Waals surface area contributed by atoms with E-state index in [1.807, 2.05) is 0 Å². The second kappa shape index (κ2) is 3.90. The quantitative estimate of drug-likeness (QED) is 0.805. The molecule has 1 atom stereocenters. The van der Waals surface area contributed by atoms with Crippen molar-refractivity contribution in [3.8, 4) is 5.75 Å². The Morgan fingerprint density at radius 2 is 2.40 bits per heavy atom. The molecule has 0 aliphatic carbocycles. The molecule has 4 nitrogen and oxygen atoms in total. The third-order valence-electron chi connectivity index (χ3n) is 2.53. The van der Waals surface area contributed by atoms with Gasteiger partial charge in [0.2, 0.25) is 0 Å². The average Bonchev–Trinajstić information content (AvgIpc) is 2.27. The lowest BCUT2D eigenvalue weighted by atomic mass is 10.0. The highest BCUT2D eigenvalue weighted by atomic mass is 16.5. The molecule has 1 heterocycles. The van der Waals surface area contributed by atoms with Gasteiger partial charge in [0.15, 0.2) is 0 Å². The predicted octanol–water partition coefficient (Wildman–Crippen LogP) is 1.85. The maximum atomic E-state index is 10.8. The Balaban J connectivity index is 2.43. The number of aromatic carboxylic acids is 1. The highest BCUT2D eigenvalue weighted by Gasteiger charge is 2.22. The normalized spacial score (nSPS) is 19.1. The number of methoxy groups -OCH3 is 1. The van der Waals surface area contributed by atoms with Crippen LogP contribution in [0.15, 0.2) is 18.2 Å². The van der Waals surface area contributed by atoms with Gasteiger partial charge in [0.1, 0.15) is 5.75 Å². The summed E-state index contributed by atoms with van der Waals surface area (Å²) in [5, 5.41) is 8.86. The molecule has 0 radical (unpaired) electrons. The molecular weight excluding hydrogens is 196 g/mol. The smallest absolute Gasteiger partial charge is 0.335 e. The summed E-state index contributed by atoms with van der Waals surface area (Å²) >= 11 is 0. The van der Waals surface area contributed by atoms with Crippen molar-refractivity contribution >= 4 is 5.97 Å². The van der Waals surface area contributed by atoms with Gasteiger partial charge in [0.05, 0.1) is 18.3 Å². The van der Waals surface area contributed by atoms with E-state index >= 15 is 0 Å². The molecule has 1 aromatic rings. The van der Waals surface area contributed by atoms with Gasteiger partial charge in [0, 0.05) is 19.1 Å². The van der Waals surface area contributed by atoms with Crippen LogP contribution in [0.3, 0.4) is 0 Å². The summed E-state index contributed by atoms with van der Waals surface area (Å²) in [6.45, 7) is 0.609. The Labute approximate surface area is 87.4 Å². The Bertz CT molecular complexity index is 386. The van der Waals surface area contributed by atoms with E-state index in [0.717, 1.165) is 17.7 Å². The highest BCUT2D eigenvalue weighted by molar-refractivity contribution is 5.88. The Morgan fingerprint density at radius 3 is 3.07 bits per heavy atom. The van der Waals surface area contributed by atoms with Crippen LogP contribution in [0.1, 0.15) is 28.4 Å². The fourth-order valence-electron chi connectivity index (χ4n) is 1.74. The summed E-state index contributed by atoms with van der Waals surface area (Å²) in [6.07, 6.45) is 0.695. The van der Waals surface area contributed by atoms with Crippen LogP contribution in [0.2, 0.25) is 0 Å². The maximum absolute atomic E-state index is 10.8. The zero-order valence-electron chi connectivity index (χ0n) is 8.40. The minimum Gasteiger partial charge on any atom is -0.493 e. The minimum absolute atomic E-state index is 0.0620. The summed E-state index contributed by atoms with van der Waals surface area (Å²) in [4.78, 5) is 10.8. The fraction of sp³-hybridized carbons (Fsp3) is 0.364. The van der Waals surface area contributed by atoms with Crippen LogP contribution in [0, 0.1) is 0 Å². The molecule has 1 aliphatic heterocycles. The number of carboxylic acids is 1. The number of benzene rings is 1. The molecule has 0 spiro atoms. The van der Waals surface area contributed by atoms with Crippen LogP contribution in [0.5, 0.6) is 5.75 Å². The Kier molecular flexibility index (Phi) is 2.60. The van der Waals surface area contributed by atoms with Crippen molar-refractivity contribution in [2.75, 3.05) is 13.7 Å². The first-order valence-corrected chi connectivity index (χ1v) is 4.75. The van der Waals surface area contributed by atoms with E-state index in [-0.39, 0.29) is 11.7 Å². The number of fused-ring (bicyclic) bond motifs is 1. The van der Waals surface area contributed by atoms with Crippen LogP contribution < -0.4 is 4.74 Å². The average molecular weight is 208 g/mol. The van der Waals surface area contributed by atoms with E-state index < -0.39 is 5.97 Å². The lowest BCUT2D eigenvalue weighted by Gasteiger charge is -2.24. The third kappa shape index (κ3) is 1.80. The Hall–Kier alpha value is -1.55. The lowest BCUT2D eigenvalue weighted by Crippen LogP contribution is -2.16. The van der Waals surface area contributed by atoms with Gasteiger partial charge in [-0.2, -0.15) is 0 Å². The number of carbonyl (C=O) groups is 1. The van der Waals surface area contributed by atoms with E-state index in [1.54, 1.807) is 25.3 Å². The van der Waals surface area contributed by atoms with Crippen molar-refractivity contribution in [2.45, 2.75) is 12.5 Å². The first-order chi connectivity index (χ1) is 7.22. The molecule has 1 unspecified atom stereocenters. The summed E-state index contributed by atoms with van der Waals surface area (Å²) < 4.78 is 10.7. The van der Waals surface area contributed by atoms with Crippen molar-refractivity contribution in [3.05, 3.63) is 29.3 Å². The molecule has 0 aromatic heterocycles. The molecule has 4 heteroatoms. The number of hydrogen-bond acceptors (Lipinski definition) is 3. The van der Waals surface area contributed by atoms with Gasteiger partial charge in [-0.3, -0.25) is 0 Å². The molecule has 15 heavy (non-hydrogen) atoms. The Morgan fingerprint density at radius 1 is 1.60 bits per heavy atom. The van der Waals surface area contributed by atoms with Crippen molar-refractivity contribution in [1.82, 2.24) is 0 Å². The van der Waals surface area contributed by atoms with Gasteiger partial charge in [-0.15, -0.1) is 0 Å². The molecule has 1 aliphatic rings. The SMILES string of the molecule is COC1CCOc2ccc(C(=O)O)cc21. The van der Waals surface area contributed by atoms with Gasteiger partial charge in [-0.05, 0) is 18.2 Å². The van der Waals surface area contributed by atoms with E-state index in [9.17, 15) is 4.79 Å². The maximum Gasteiger partial charge on any atom is 0.335 e.